The van der Waals surface area contributed by atoms with E-state index in [2.05, 4.69) is 5.32 Å². The predicted octanol–water partition coefficient (Wildman–Crippen LogP) is 1.98. The molecule has 1 heterocycles. The van der Waals surface area contributed by atoms with Gasteiger partial charge in [0.05, 0.1) is 18.1 Å². The third-order valence-corrected chi connectivity index (χ3v) is 3.44. The fourth-order valence-corrected chi connectivity index (χ4v) is 2.45. The molecule has 1 atom stereocenters. The van der Waals surface area contributed by atoms with Gasteiger partial charge in [-0.1, -0.05) is 18.3 Å². The molecular formula is C13H17N3O2S. The van der Waals surface area contributed by atoms with Crippen LogP contribution in [0.5, 0.6) is 5.75 Å². The van der Waals surface area contributed by atoms with Crippen LogP contribution in [0.4, 0.5) is 10.5 Å². The zero-order chi connectivity index (χ0) is 13.8. The number of carbonyl (C=O) groups excluding carboxylic acids is 1. The average molecular weight is 279 g/mol. The standard InChI is InChI=1S/C13H17N3O2S/c1-18-10-5-2-4-9(8-10)15-13(17)16-7-3-6-11(16)12(14)19/h2,4-5,8,11H,3,6-7H2,1H3,(H2,14,19)(H,15,17). The lowest BCUT2D eigenvalue weighted by atomic mass is 10.2. The summed E-state index contributed by atoms with van der Waals surface area (Å²) in [6.45, 7) is 0.678. The van der Waals surface area contributed by atoms with Crippen LogP contribution in [-0.4, -0.2) is 35.6 Å². The van der Waals surface area contributed by atoms with E-state index in [0.29, 0.717) is 23.0 Å². The molecular weight excluding hydrogens is 262 g/mol. The smallest absolute Gasteiger partial charge is 0.322 e. The van der Waals surface area contributed by atoms with Crippen molar-refractivity contribution in [2.24, 2.45) is 5.73 Å². The van der Waals surface area contributed by atoms with Crippen LogP contribution >= 0.6 is 12.2 Å². The molecule has 0 radical (unpaired) electrons. The Kier molecular flexibility index (Phi) is 4.21. The molecule has 3 N–H and O–H groups in total. The van der Waals surface area contributed by atoms with E-state index in [0.717, 1.165) is 12.8 Å². The van der Waals surface area contributed by atoms with Crippen molar-refractivity contribution in [3.05, 3.63) is 24.3 Å². The van der Waals surface area contributed by atoms with Crippen molar-refractivity contribution in [1.82, 2.24) is 4.90 Å². The Morgan fingerprint density at radius 2 is 2.37 bits per heavy atom. The number of nitrogens with two attached hydrogens (primary N) is 1. The van der Waals surface area contributed by atoms with Gasteiger partial charge in [-0.25, -0.2) is 4.79 Å². The maximum atomic E-state index is 12.2. The number of thiocarbonyl (C=S) groups is 1. The molecule has 0 saturated carbocycles. The highest BCUT2D eigenvalue weighted by molar-refractivity contribution is 7.80. The van der Waals surface area contributed by atoms with Gasteiger partial charge in [0.1, 0.15) is 5.75 Å². The van der Waals surface area contributed by atoms with E-state index < -0.39 is 0 Å². The summed E-state index contributed by atoms with van der Waals surface area (Å²) in [4.78, 5) is 14.2. The lowest BCUT2D eigenvalue weighted by Gasteiger charge is -2.24. The van der Waals surface area contributed by atoms with Crippen LogP contribution in [0.3, 0.4) is 0 Å². The third kappa shape index (κ3) is 3.14. The first-order chi connectivity index (χ1) is 9.11. The molecule has 0 aliphatic carbocycles. The van der Waals surface area contributed by atoms with Gasteiger partial charge in [-0.05, 0) is 25.0 Å². The number of amides is 2. The Bertz CT molecular complexity index is 493. The van der Waals surface area contributed by atoms with E-state index in [1.807, 2.05) is 18.2 Å². The highest BCUT2D eigenvalue weighted by Crippen LogP contribution is 2.21. The first-order valence-corrected chi connectivity index (χ1v) is 6.53. The normalized spacial score (nSPS) is 18.2. The zero-order valence-corrected chi connectivity index (χ0v) is 11.6. The van der Waals surface area contributed by atoms with Gasteiger partial charge in [0.15, 0.2) is 0 Å². The van der Waals surface area contributed by atoms with Gasteiger partial charge in [-0.15, -0.1) is 0 Å². The van der Waals surface area contributed by atoms with Gasteiger partial charge in [0.25, 0.3) is 0 Å². The molecule has 102 valence electrons. The molecule has 0 spiro atoms. The van der Waals surface area contributed by atoms with E-state index >= 15 is 0 Å². The summed E-state index contributed by atoms with van der Waals surface area (Å²) in [5.74, 6) is 0.699. The SMILES string of the molecule is COc1cccc(NC(=O)N2CCCC2C(N)=S)c1. The molecule has 1 saturated heterocycles. The molecule has 1 aromatic rings. The lowest BCUT2D eigenvalue weighted by Crippen LogP contribution is -2.44. The Morgan fingerprint density at radius 3 is 3.05 bits per heavy atom. The summed E-state index contributed by atoms with van der Waals surface area (Å²) >= 11 is 4.99. The van der Waals surface area contributed by atoms with Crippen LogP contribution in [0.2, 0.25) is 0 Å². The molecule has 1 fully saturated rings. The first kappa shape index (κ1) is 13.6. The van der Waals surface area contributed by atoms with Crippen LogP contribution in [0.1, 0.15) is 12.8 Å². The summed E-state index contributed by atoms with van der Waals surface area (Å²) in [5, 5.41) is 2.84. The summed E-state index contributed by atoms with van der Waals surface area (Å²) in [7, 11) is 1.59. The van der Waals surface area contributed by atoms with Crippen molar-refractivity contribution in [3.8, 4) is 5.75 Å². The van der Waals surface area contributed by atoms with Gasteiger partial charge < -0.3 is 20.7 Å². The van der Waals surface area contributed by atoms with E-state index in [-0.39, 0.29) is 12.1 Å². The van der Waals surface area contributed by atoms with Crippen LogP contribution in [0.25, 0.3) is 0 Å². The number of nitrogens with one attached hydrogen (secondary N) is 1. The van der Waals surface area contributed by atoms with Gasteiger partial charge in [-0.3, -0.25) is 0 Å². The second-order valence-corrected chi connectivity index (χ2v) is 4.89. The van der Waals surface area contributed by atoms with Crippen LogP contribution in [-0.2, 0) is 0 Å². The number of anilines is 1. The van der Waals surface area contributed by atoms with Crippen LogP contribution < -0.4 is 15.8 Å². The molecule has 5 nitrogen and oxygen atoms in total. The van der Waals surface area contributed by atoms with Gasteiger partial charge in [-0.2, -0.15) is 0 Å². The molecule has 0 aromatic heterocycles. The maximum absolute atomic E-state index is 12.2. The van der Waals surface area contributed by atoms with Crippen LogP contribution in [0.15, 0.2) is 24.3 Å². The number of likely N-dealkylation sites (tertiary alicyclic amines) is 1. The first-order valence-electron chi connectivity index (χ1n) is 6.13. The number of methoxy groups -OCH3 is 1. The summed E-state index contributed by atoms with van der Waals surface area (Å²) in [6, 6.07) is 6.91. The Morgan fingerprint density at radius 1 is 1.58 bits per heavy atom. The third-order valence-electron chi connectivity index (χ3n) is 3.16. The fraction of sp³-hybridized carbons (Fsp3) is 0.385. The zero-order valence-electron chi connectivity index (χ0n) is 10.8. The molecule has 0 bridgehead atoms. The maximum Gasteiger partial charge on any atom is 0.322 e. The number of carbonyl (C=O) groups is 1. The molecule has 1 aliphatic rings. The quantitative estimate of drug-likeness (QED) is 0.830. The minimum Gasteiger partial charge on any atom is -0.497 e. The summed E-state index contributed by atoms with van der Waals surface area (Å²) in [6.07, 6.45) is 1.76. The van der Waals surface area contributed by atoms with Crippen LogP contribution in [0, 0.1) is 0 Å². The van der Waals surface area contributed by atoms with Crippen molar-refractivity contribution < 1.29 is 9.53 Å². The molecule has 1 aromatic carbocycles. The van der Waals surface area contributed by atoms with Crippen molar-refractivity contribution in [3.63, 3.8) is 0 Å². The molecule has 2 rings (SSSR count). The summed E-state index contributed by atoms with van der Waals surface area (Å²) < 4.78 is 5.12. The van der Waals surface area contributed by atoms with E-state index in [9.17, 15) is 4.79 Å². The molecule has 2 amide bonds. The predicted molar refractivity (Wildman–Crippen MR) is 78.5 cm³/mol. The largest absolute Gasteiger partial charge is 0.497 e. The number of urea groups is 1. The topological polar surface area (TPSA) is 67.6 Å². The molecule has 6 heteroatoms. The van der Waals surface area contributed by atoms with Crippen molar-refractivity contribution in [2.75, 3.05) is 19.0 Å². The van der Waals surface area contributed by atoms with E-state index in [4.69, 9.17) is 22.7 Å². The number of rotatable bonds is 3. The van der Waals surface area contributed by atoms with Crippen molar-refractivity contribution >= 4 is 28.9 Å². The average Bonchev–Trinajstić information content (AvgIpc) is 2.88. The highest BCUT2D eigenvalue weighted by Gasteiger charge is 2.30. The second kappa shape index (κ2) is 5.88. The highest BCUT2D eigenvalue weighted by atomic mass is 32.1. The number of ether oxygens (including phenoxy) is 1. The Labute approximate surface area is 117 Å². The van der Waals surface area contributed by atoms with Gasteiger partial charge in [0.2, 0.25) is 0 Å². The molecule has 1 aliphatic heterocycles. The molecule has 19 heavy (non-hydrogen) atoms. The van der Waals surface area contributed by atoms with Crippen molar-refractivity contribution in [1.29, 1.82) is 0 Å². The Hall–Kier alpha value is -1.82. The van der Waals surface area contributed by atoms with Gasteiger partial charge in [0, 0.05) is 18.3 Å². The minimum absolute atomic E-state index is 0.138. The Balaban J connectivity index is 2.06. The number of hydrogen-bond acceptors (Lipinski definition) is 3. The minimum atomic E-state index is -0.177. The second-order valence-electron chi connectivity index (χ2n) is 4.42. The molecule has 1 unspecified atom stereocenters. The van der Waals surface area contributed by atoms with E-state index in [1.54, 1.807) is 18.1 Å². The fourth-order valence-electron chi connectivity index (χ4n) is 2.20. The van der Waals surface area contributed by atoms with E-state index in [1.165, 1.54) is 0 Å². The number of hydrogen-bond donors (Lipinski definition) is 2. The number of nitrogens with zero attached hydrogens (tertiary/aromatic N) is 1. The number of benzene rings is 1. The monoisotopic (exact) mass is 279 g/mol. The summed E-state index contributed by atoms with van der Waals surface area (Å²) in [5.41, 5.74) is 6.35. The lowest BCUT2D eigenvalue weighted by molar-refractivity contribution is 0.217. The van der Waals surface area contributed by atoms with Crippen molar-refractivity contribution in [2.45, 2.75) is 18.9 Å². The van der Waals surface area contributed by atoms with Gasteiger partial charge >= 0.3 is 6.03 Å².